The first-order chi connectivity index (χ1) is 10.2. The molecule has 1 unspecified atom stereocenters. The Morgan fingerprint density at radius 2 is 2.05 bits per heavy atom. The van der Waals surface area contributed by atoms with Crippen LogP contribution in [0.2, 0.25) is 0 Å². The van der Waals surface area contributed by atoms with Gasteiger partial charge in [-0.05, 0) is 43.7 Å². The van der Waals surface area contributed by atoms with Crippen LogP contribution in [0, 0.1) is 6.92 Å². The van der Waals surface area contributed by atoms with Crippen LogP contribution < -0.4 is 0 Å². The molecule has 110 valence electrons. The van der Waals surface area contributed by atoms with E-state index in [9.17, 15) is 4.79 Å². The summed E-state index contributed by atoms with van der Waals surface area (Å²) in [5.41, 5.74) is 2.85. The number of rotatable bonds is 2. The molecule has 1 aromatic carbocycles. The fourth-order valence-electron chi connectivity index (χ4n) is 3.05. The molecule has 1 aliphatic heterocycles. The molecule has 1 atom stereocenters. The molecular weight excluding hydrogens is 262 g/mol. The van der Waals surface area contributed by atoms with E-state index in [1.54, 1.807) is 0 Å². The van der Waals surface area contributed by atoms with Crippen LogP contribution in [-0.2, 0) is 0 Å². The molecule has 1 aromatic heterocycles. The van der Waals surface area contributed by atoms with Crippen LogP contribution in [0.1, 0.15) is 46.9 Å². The van der Waals surface area contributed by atoms with Crippen molar-refractivity contribution in [2.45, 2.75) is 32.1 Å². The number of aromatic nitrogens is 2. The summed E-state index contributed by atoms with van der Waals surface area (Å²) in [6.45, 7) is 3.55. The second-order valence-corrected chi connectivity index (χ2v) is 5.77. The van der Waals surface area contributed by atoms with Gasteiger partial charge in [0, 0.05) is 18.8 Å². The van der Waals surface area contributed by atoms with Gasteiger partial charge in [0.15, 0.2) is 0 Å². The quantitative estimate of drug-likeness (QED) is 0.920. The predicted octanol–water partition coefficient (Wildman–Crippen LogP) is 3.13. The number of H-pyrrole nitrogens is 1. The van der Waals surface area contributed by atoms with Crippen molar-refractivity contribution >= 4 is 5.91 Å². The molecule has 4 nitrogen and oxygen atoms in total. The van der Waals surface area contributed by atoms with Gasteiger partial charge in [-0.3, -0.25) is 9.89 Å². The van der Waals surface area contributed by atoms with Gasteiger partial charge in [0.25, 0.3) is 5.91 Å². The molecule has 2 aromatic rings. The third-order valence-corrected chi connectivity index (χ3v) is 4.21. The van der Waals surface area contributed by atoms with E-state index in [0.29, 0.717) is 11.6 Å². The summed E-state index contributed by atoms with van der Waals surface area (Å²) in [5.74, 6) is 0.609. The van der Waals surface area contributed by atoms with Crippen molar-refractivity contribution in [1.29, 1.82) is 0 Å². The smallest absolute Gasteiger partial charge is 0.274 e. The SMILES string of the molecule is Cc1cc(C(=O)N2CCCC(c3ccccc3)CC2)n[nH]1. The average molecular weight is 283 g/mol. The number of aromatic amines is 1. The third kappa shape index (κ3) is 3.15. The predicted molar refractivity (Wildman–Crippen MR) is 82.3 cm³/mol. The largest absolute Gasteiger partial charge is 0.337 e. The molecule has 0 spiro atoms. The molecular formula is C17H21N3O. The summed E-state index contributed by atoms with van der Waals surface area (Å²) in [4.78, 5) is 14.4. The van der Waals surface area contributed by atoms with Gasteiger partial charge in [0.2, 0.25) is 0 Å². The lowest BCUT2D eigenvalue weighted by Crippen LogP contribution is -2.32. The Labute approximate surface area is 125 Å². The number of amides is 1. The number of nitrogens with one attached hydrogen (secondary N) is 1. The Kier molecular flexibility index (Phi) is 4.04. The highest BCUT2D eigenvalue weighted by molar-refractivity contribution is 5.92. The summed E-state index contributed by atoms with van der Waals surface area (Å²) in [6, 6.07) is 12.4. The van der Waals surface area contributed by atoms with E-state index in [4.69, 9.17) is 0 Å². The molecule has 4 heteroatoms. The highest BCUT2D eigenvalue weighted by atomic mass is 16.2. The lowest BCUT2D eigenvalue weighted by Gasteiger charge is -2.19. The van der Waals surface area contributed by atoms with Crippen molar-refractivity contribution in [2.24, 2.45) is 0 Å². The first kappa shape index (κ1) is 13.9. The molecule has 0 bridgehead atoms. The standard InChI is InChI=1S/C17H21N3O/c1-13-12-16(19-18-13)17(21)20-10-5-8-15(9-11-20)14-6-3-2-4-7-14/h2-4,6-7,12,15H,5,8-11H2,1H3,(H,18,19). The van der Waals surface area contributed by atoms with Crippen LogP contribution in [0.4, 0.5) is 0 Å². The lowest BCUT2D eigenvalue weighted by atomic mass is 9.92. The van der Waals surface area contributed by atoms with E-state index in [0.717, 1.165) is 38.0 Å². The van der Waals surface area contributed by atoms with Gasteiger partial charge >= 0.3 is 0 Å². The van der Waals surface area contributed by atoms with E-state index in [2.05, 4.69) is 40.5 Å². The van der Waals surface area contributed by atoms with Crippen molar-refractivity contribution < 1.29 is 4.79 Å². The Morgan fingerprint density at radius 1 is 1.24 bits per heavy atom. The van der Waals surface area contributed by atoms with Crippen LogP contribution in [0.5, 0.6) is 0 Å². The number of nitrogens with zero attached hydrogens (tertiary/aromatic N) is 2. The molecule has 1 N–H and O–H groups in total. The molecule has 2 heterocycles. The van der Waals surface area contributed by atoms with E-state index < -0.39 is 0 Å². The first-order valence-corrected chi connectivity index (χ1v) is 7.60. The maximum atomic E-state index is 12.5. The fraction of sp³-hybridized carbons (Fsp3) is 0.412. The highest BCUT2D eigenvalue weighted by Gasteiger charge is 2.23. The Balaban J connectivity index is 1.67. The van der Waals surface area contributed by atoms with Crippen LogP contribution in [0.25, 0.3) is 0 Å². The fourth-order valence-corrected chi connectivity index (χ4v) is 3.05. The highest BCUT2D eigenvalue weighted by Crippen LogP contribution is 2.28. The molecule has 1 aliphatic rings. The molecule has 1 amide bonds. The Bertz CT molecular complexity index is 606. The van der Waals surface area contributed by atoms with Crippen LogP contribution in [-0.4, -0.2) is 34.1 Å². The zero-order valence-electron chi connectivity index (χ0n) is 12.4. The molecule has 1 fully saturated rings. The minimum atomic E-state index is 0.0491. The van der Waals surface area contributed by atoms with Gasteiger partial charge in [-0.15, -0.1) is 0 Å². The van der Waals surface area contributed by atoms with Gasteiger partial charge < -0.3 is 4.90 Å². The minimum absolute atomic E-state index is 0.0491. The van der Waals surface area contributed by atoms with E-state index >= 15 is 0 Å². The van der Waals surface area contributed by atoms with Gasteiger partial charge in [-0.1, -0.05) is 30.3 Å². The second kappa shape index (κ2) is 6.12. The number of aryl methyl sites for hydroxylation is 1. The first-order valence-electron chi connectivity index (χ1n) is 7.60. The summed E-state index contributed by atoms with van der Waals surface area (Å²) >= 11 is 0. The maximum Gasteiger partial charge on any atom is 0.274 e. The van der Waals surface area contributed by atoms with Crippen LogP contribution >= 0.6 is 0 Å². The van der Waals surface area contributed by atoms with E-state index in [1.165, 1.54) is 5.56 Å². The van der Waals surface area contributed by atoms with Crippen LogP contribution in [0.15, 0.2) is 36.4 Å². The van der Waals surface area contributed by atoms with Gasteiger partial charge in [-0.25, -0.2) is 0 Å². The third-order valence-electron chi connectivity index (χ3n) is 4.21. The second-order valence-electron chi connectivity index (χ2n) is 5.77. The molecule has 0 saturated carbocycles. The monoisotopic (exact) mass is 283 g/mol. The van der Waals surface area contributed by atoms with E-state index in [1.807, 2.05) is 17.9 Å². The molecule has 3 rings (SSSR count). The van der Waals surface area contributed by atoms with Crippen molar-refractivity contribution in [2.75, 3.05) is 13.1 Å². The topological polar surface area (TPSA) is 49.0 Å². The van der Waals surface area contributed by atoms with E-state index in [-0.39, 0.29) is 5.91 Å². The molecule has 0 aliphatic carbocycles. The summed E-state index contributed by atoms with van der Waals surface area (Å²) < 4.78 is 0. The van der Waals surface area contributed by atoms with Crippen molar-refractivity contribution in [3.05, 3.63) is 53.3 Å². The van der Waals surface area contributed by atoms with Crippen molar-refractivity contribution in [1.82, 2.24) is 15.1 Å². The Morgan fingerprint density at radius 3 is 2.76 bits per heavy atom. The number of hydrogen-bond acceptors (Lipinski definition) is 2. The number of carbonyl (C=O) groups is 1. The number of carbonyl (C=O) groups excluding carboxylic acids is 1. The molecule has 21 heavy (non-hydrogen) atoms. The molecule has 1 saturated heterocycles. The normalized spacial score (nSPS) is 19.3. The number of likely N-dealkylation sites (tertiary alicyclic amines) is 1. The van der Waals surface area contributed by atoms with Crippen molar-refractivity contribution in [3.8, 4) is 0 Å². The lowest BCUT2D eigenvalue weighted by molar-refractivity contribution is 0.0755. The summed E-state index contributed by atoms with van der Waals surface area (Å²) in [6.07, 6.45) is 3.22. The number of benzene rings is 1. The summed E-state index contributed by atoms with van der Waals surface area (Å²) in [5, 5.41) is 6.92. The minimum Gasteiger partial charge on any atom is -0.337 e. The molecule has 0 radical (unpaired) electrons. The zero-order chi connectivity index (χ0) is 14.7. The number of hydrogen-bond donors (Lipinski definition) is 1. The van der Waals surface area contributed by atoms with Crippen molar-refractivity contribution in [3.63, 3.8) is 0 Å². The van der Waals surface area contributed by atoms with Crippen LogP contribution in [0.3, 0.4) is 0 Å². The van der Waals surface area contributed by atoms with Gasteiger partial charge in [0.05, 0.1) is 0 Å². The Hall–Kier alpha value is -2.10. The van der Waals surface area contributed by atoms with Gasteiger partial charge in [0.1, 0.15) is 5.69 Å². The maximum absolute atomic E-state index is 12.5. The zero-order valence-corrected chi connectivity index (χ0v) is 12.4. The van der Waals surface area contributed by atoms with Gasteiger partial charge in [-0.2, -0.15) is 5.10 Å². The average Bonchev–Trinajstić information content (AvgIpc) is 2.81. The summed E-state index contributed by atoms with van der Waals surface area (Å²) in [7, 11) is 0.